The van der Waals surface area contributed by atoms with Crippen molar-refractivity contribution in [3.63, 3.8) is 0 Å². The maximum Gasteiger partial charge on any atom is 0.332 e. The van der Waals surface area contributed by atoms with Crippen molar-refractivity contribution in [2.24, 2.45) is 14.1 Å². The molecule has 0 spiro atoms. The minimum atomic E-state index is -0.485. The Morgan fingerprint density at radius 2 is 1.79 bits per heavy atom. The minimum absolute atomic E-state index is 0.141. The molecule has 8 heteroatoms. The predicted molar refractivity (Wildman–Crippen MR) is 108 cm³/mol. The second-order valence-electron chi connectivity index (χ2n) is 6.97. The number of carbonyl (C=O) groups excluding carboxylic acids is 1. The number of fused-ring (bicyclic) bond motifs is 1. The fraction of sp³-hybridized carbons (Fsp3) is 0.300. The van der Waals surface area contributed by atoms with Gasteiger partial charge in [-0.2, -0.15) is 0 Å². The largest absolute Gasteiger partial charge is 0.371 e. The molecule has 1 aliphatic rings. The summed E-state index contributed by atoms with van der Waals surface area (Å²) in [6, 6.07) is 10.7. The fourth-order valence-electron chi connectivity index (χ4n) is 3.53. The molecule has 1 aliphatic heterocycles. The number of anilines is 2. The van der Waals surface area contributed by atoms with Crippen molar-refractivity contribution in [2.75, 3.05) is 23.3 Å². The highest BCUT2D eigenvalue weighted by Gasteiger charge is 2.16. The topological polar surface area (TPSA) is 89.2 Å². The van der Waals surface area contributed by atoms with Gasteiger partial charge < -0.3 is 10.2 Å². The molecule has 3 aromatic rings. The highest BCUT2D eigenvalue weighted by molar-refractivity contribution is 6.04. The Labute approximate surface area is 161 Å². The molecule has 8 nitrogen and oxygen atoms in total. The van der Waals surface area contributed by atoms with E-state index in [1.165, 1.54) is 43.6 Å². The molecule has 1 fully saturated rings. The first kappa shape index (κ1) is 18.0. The van der Waals surface area contributed by atoms with E-state index in [2.05, 4.69) is 15.2 Å². The van der Waals surface area contributed by atoms with E-state index in [4.69, 9.17) is 0 Å². The Bertz CT molecular complexity index is 1190. The number of pyridine rings is 1. The zero-order chi connectivity index (χ0) is 19.8. The Morgan fingerprint density at radius 1 is 1.04 bits per heavy atom. The Hall–Kier alpha value is -3.42. The average molecular weight is 379 g/mol. The molecule has 0 atom stereocenters. The van der Waals surface area contributed by atoms with Gasteiger partial charge in [0.1, 0.15) is 11.3 Å². The average Bonchev–Trinajstić information content (AvgIpc) is 3.25. The summed E-state index contributed by atoms with van der Waals surface area (Å²) in [6.45, 7) is 2.04. The van der Waals surface area contributed by atoms with E-state index in [0.717, 1.165) is 23.3 Å². The summed E-state index contributed by atoms with van der Waals surface area (Å²) in [5, 5.41) is 3.14. The quantitative estimate of drug-likeness (QED) is 0.745. The van der Waals surface area contributed by atoms with Gasteiger partial charge in [0.15, 0.2) is 0 Å². The van der Waals surface area contributed by atoms with Crippen LogP contribution in [0, 0.1) is 0 Å². The Kier molecular flexibility index (Phi) is 4.46. The molecule has 1 amide bonds. The third kappa shape index (κ3) is 3.06. The van der Waals surface area contributed by atoms with E-state index < -0.39 is 17.2 Å². The van der Waals surface area contributed by atoms with Crippen LogP contribution in [0.4, 0.5) is 11.4 Å². The zero-order valence-electron chi connectivity index (χ0n) is 15.8. The molecule has 0 radical (unpaired) electrons. The van der Waals surface area contributed by atoms with Gasteiger partial charge >= 0.3 is 5.69 Å². The molecule has 0 unspecified atom stereocenters. The SMILES string of the molecule is Cn1c(=O)c2ccc(C(=O)Nc3cccc(N4CCCC4)c3)nc2n(C)c1=O. The second kappa shape index (κ2) is 6.95. The predicted octanol–water partition coefficient (Wildman–Crippen LogP) is 1.48. The van der Waals surface area contributed by atoms with Crippen LogP contribution in [0.25, 0.3) is 11.0 Å². The molecular formula is C20H21N5O3. The van der Waals surface area contributed by atoms with Crippen LogP contribution in [0.15, 0.2) is 46.0 Å². The summed E-state index contributed by atoms with van der Waals surface area (Å²) >= 11 is 0. The van der Waals surface area contributed by atoms with Crippen LogP contribution in [0.3, 0.4) is 0 Å². The lowest BCUT2D eigenvalue weighted by Crippen LogP contribution is -2.37. The van der Waals surface area contributed by atoms with E-state index in [1.54, 1.807) is 0 Å². The van der Waals surface area contributed by atoms with Gasteiger partial charge in [-0.05, 0) is 43.2 Å². The summed E-state index contributed by atoms with van der Waals surface area (Å²) in [6.07, 6.45) is 2.35. The van der Waals surface area contributed by atoms with Crippen molar-refractivity contribution in [1.82, 2.24) is 14.1 Å². The third-order valence-electron chi connectivity index (χ3n) is 5.11. The lowest BCUT2D eigenvalue weighted by molar-refractivity contribution is 0.102. The van der Waals surface area contributed by atoms with Crippen molar-refractivity contribution in [3.05, 3.63) is 62.9 Å². The van der Waals surface area contributed by atoms with Gasteiger partial charge in [0.25, 0.3) is 11.5 Å². The minimum Gasteiger partial charge on any atom is -0.371 e. The lowest BCUT2D eigenvalue weighted by Gasteiger charge is -2.18. The van der Waals surface area contributed by atoms with Crippen molar-refractivity contribution in [2.45, 2.75) is 12.8 Å². The zero-order valence-corrected chi connectivity index (χ0v) is 15.8. The van der Waals surface area contributed by atoms with E-state index in [1.807, 2.05) is 24.3 Å². The van der Waals surface area contributed by atoms with Crippen LogP contribution in [0.2, 0.25) is 0 Å². The van der Waals surface area contributed by atoms with Crippen molar-refractivity contribution >= 4 is 28.3 Å². The first-order valence-corrected chi connectivity index (χ1v) is 9.19. The fourth-order valence-corrected chi connectivity index (χ4v) is 3.53. The summed E-state index contributed by atoms with van der Waals surface area (Å²) in [7, 11) is 2.94. The monoisotopic (exact) mass is 379 g/mol. The second-order valence-corrected chi connectivity index (χ2v) is 6.97. The number of benzene rings is 1. The molecule has 0 aliphatic carbocycles. The van der Waals surface area contributed by atoms with Gasteiger partial charge in [-0.25, -0.2) is 9.78 Å². The number of aromatic nitrogens is 3. The number of nitrogens with zero attached hydrogens (tertiary/aromatic N) is 4. The van der Waals surface area contributed by atoms with E-state index in [-0.39, 0.29) is 16.7 Å². The molecule has 28 heavy (non-hydrogen) atoms. The first-order valence-electron chi connectivity index (χ1n) is 9.19. The summed E-state index contributed by atoms with van der Waals surface area (Å²) in [5.74, 6) is -0.395. The first-order chi connectivity index (χ1) is 13.5. The van der Waals surface area contributed by atoms with Gasteiger partial charge in [-0.1, -0.05) is 6.07 Å². The van der Waals surface area contributed by atoms with Crippen LogP contribution < -0.4 is 21.5 Å². The number of amides is 1. The highest BCUT2D eigenvalue weighted by Crippen LogP contribution is 2.23. The Morgan fingerprint density at radius 3 is 2.54 bits per heavy atom. The van der Waals surface area contributed by atoms with Gasteiger partial charge in [0.05, 0.1) is 5.39 Å². The number of hydrogen-bond acceptors (Lipinski definition) is 5. The van der Waals surface area contributed by atoms with E-state index in [0.29, 0.717) is 5.69 Å². The normalized spacial score (nSPS) is 13.9. The van der Waals surface area contributed by atoms with Crippen molar-refractivity contribution in [3.8, 4) is 0 Å². The highest BCUT2D eigenvalue weighted by atomic mass is 16.2. The standard InChI is InChI=1S/C20H21N5O3/c1-23-17-15(19(27)24(2)20(23)28)8-9-16(22-17)18(26)21-13-6-5-7-14(12-13)25-10-3-4-11-25/h5-9,12H,3-4,10-11H2,1-2H3,(H,21,26). The molecule has 1 saturated heterocycles. The van der Waals surface area contributed by atoms with E-state index >= 15 is 0 Å². The maximum atomic E-state index is 12.7. The molecule has 3 heterocycles. The number of rotatable bonds is 3. The van der Waals surface area contributed by atoms with Crippen molar-refractivity contribution in [1.29, 1.82) is 0 Å². The van der Waals surface area contributed by atoms with Gasteiger partial charge in [-0.15, -0.1) is 0 Å². The van der Waals surface area contributed by atoms with Crippen molar-refractivity contribution < 1.29 is 4.79 Å². The third-order valence-corrected chi connectivity index (χ3v) is 5.11. The number of hydrogen-bond donors (Lipinski definition) is 1. The molecule has 1 N–H and O–H groups in total. The Balaban J connectivity index is 1.65. The molecule has 0 bridgehead atoms. The number of carbonyl (C=O) groups is 1. The molecule has 0 saturated carbocycles. The lowest BCUT2D eigenvalue weighted by atomic mass is 10.2. The van der Waals surface area contributed by atoms with Crippen LogP contribution in [-0.2, 0) is 14.1 Å². The molecule has 144 valence electrons. The van der Waals surface area contributed by atoms with Gasteiger partial charge in [0.2, 0.25) is 0 Å². The molecule has 2 aromatic heterocycles. The van der Waals surface area contributed by atoms with Crippen LogP contribution in [-0.4, -0.2) is 33.1 Å². The van der Waals surface area contributed by atoms with Crippen LogP contribution in [0.1, 0.15) is 23.3 Å². The molecular weight excluding hydrogens is 358 g/mol. The summed E-state index contributed by atoms with van der Waals surface area (Å²) < 4.78 is 2.29. The summed E-state index contributed by atoms with van der Waals surface area (Å²) in [4.78, 5) is 43.6. The van der Waals surface area contributed by atoms with Gasteiger partial charge in [0, 0.05) is 38.6 Å². The van der Waals surface area contributed by atoms with Gasteiger partial charge in [-0.3, -0.25) is 18.7 Å². The van der Waals surface area contributed by atoms with Crippen LogP contribution in [0.5, 0.6) is 0 Å². The smallest absolute Gasteiger partial charge is 0.332 e. The number of nitrogens with one attached hydrogen (secondary N) is 1. The van der Waals surface area contributed by atoms with Crippen LogP contribution >= 0.6 is 0 Å². The van der Waals surface area contributed by atoms with E-state index in [9.17, 15) is 14.4 Å². The number of aryl methyl sites for hydroxylation is 1. The molecule has 4 rings (SSSR count). The molecule has 1 aromatic carbocycles. The maximum absolute atomic E-state index is 12.7. The summed E-state index contributed by atoms with van der Waals surface area (Å²) in [5.41, 5.74) is 1.16.